The molecular weight excluding hydrogens is 286 g/mol. The fourth-order valence-corrected chi connectivity index (χ4v) is 2.48. The lowest BCUT2D eigenvalue weighted by Crippen LogP contribution is -2.16. The molecule has 3 rings (SSSR count). The number of hydrogen-bond donors (Lipinski definition) is 0. The summed E-state index contributed by atoms with van der Waals surface area (Å²) in [6.07, 6.45) is 1.46. The van der Waals surface area contributed by atoms with Crippen LogP contribution < -0.4 is 0 Å². The van der Waals surface area contributed by atoms with Crippen LogP contribution in [0.15, 0.2) is 53.5 Å². The summed E-state index contributed by atoms with van der Waals surface area (Å²) in [5.74, 6) is -1.12. The van der Waals surface area contributed by atoms with Crippen LogP contribution in [-0.4, -0.2) is 17.8 Å². The van der Waals surface area contributed by atoms with Crippen LogP contribution in [0, 0.1) is 5.92 Å². The van der Waals surface area contributed by atoms with Gasteiger partial charge in [0.15, 0.2) is 11.6 Å². The highest BCUT2D eigenvalue weighted by Crippen LogP contribution is 2.25. The van der Waals surface area contributed by atoms with E-state index in [0.717, 1.165) is 5.56 Å². The highest BCUT2D eigenvalue weighted by Gasteiger charge is 2.36. The summed E-state index contributed by atoms with van der Waals surface area (Å²) in [5.41, 5.74) is 1.96. The van der Waals surface area contributed by atoms with Gasteiger partial charge in [0.1, 0.15) is 5.92 Å². The van der Waals surface area contributed by atoms with E-state index in [0.29, 0.717) is 22.7 Å². The molecular formula is C17H12ClNO2. The molecule has 0 unspecified atom stereocenters. The molecule has 0 amide bonds. The molecule has 3 nitrogen and oxygen atoms in total. The molecule has 2 aromatic carbocycles. The van der Waals surface area contributed by atoms with Crippen molar-refractivity contribution in [3.63, 3.8) is 0 Å². The Bertz CT molecular complexity index is 700. The first-order chi connectivity index (χ1) is 10.2. The number of ketones is 2. The number of Topliss-reactive ketones (excluding diaryl/α,β-unsaturated/α-hetero) is 2. The summed E-state index contributed by atoms with van der Waals surface area (Å²) in [7, 11) is 0. The standard InChI is InChI=1S/C17H12ClNO2/c18-12-7-5-11(6-8-12)9-19-10-15-16(20)13-3-1-2-4-14(13)17(15)21/h1-8,10,15H,9H2. The number of hydrogen-bond acceptors (Lipinski definition) is 3. The van der Waals surface area contributed by atoms with Crippen molar-refractivity contribution >= 4 is 29.4 Å². The van der Waals surface area contributed by atoms with Crippen LogP contribution in [0.2, 0.25) is 5.02 Å². The lowest BCUT2D eigenvalue weighted by atomic mass is 10.1. The number of carbonyl (C=O) groups is 2. The number of nitrogens with zero attached hydrogens (tertiary/aromatic N) is 1. The largest absolute Gasteiger partial charge is 0.293 e. The van der Waals surface area contributed by atoms with Gasteiger partial charge in [0.2, 0.25) is 0 Å². The zero-order valence-electron chi connectivity index (χ0n) is 11.1. The van der Waals surface area contributed by atoms with E-state index in [2.05, 4.69) is 4.99 Å². The summed E-state index contributed by atoms with van der Waals surface area (Å²) < 4.78 is 0. The van der Waals surface area contributed by atoms with E-state index in [9.17, 15) is 9.59 Å². The van der Waals surface area contributed by atoms with E-state index in [1.165, 1.54) is 6.21 Å². The summed E-state index contributed by atoms with van der Waals surface area (Å²) >= 11 is 5.81. The first-order valence-electron chi connectivity index (χ1n) is 6.58. The Morgan fingerprint density at radius 1 is 0.952 bits per heavy atom. The number of aliphatic imine (C=N–C) groups is 1. The van der Waals surface area contributed by atoms with Gasteiger partial charge in [-0.05, 0) is 17.7 Å². The zero-order valence-corrected chi connectivity index (χ0v) is 11.9. The van der Waals surface area contributed by atoms with Crippen molar-refractivity contribution in [1.82, 2.24) is 0 Å². The third kappa shape index (κ3) is 2.65. The fourth-order valence-electron chi connectivity index (χ4n) is 2.36. The van der Waals surface area contributed by atoms with Gasteiger partial charge in [-0.3, -0.25) is 14.6 Å². The summed E-state index contributed by atoms with van der Waals surface area (Å²) in [5, 5.41) is 0.666. The van der Waals surface area contributed by atoms with E-state index in [-0.39, 0.29) is 11.6 Å². The predicted octanol–water partition coefficient (Wildman–Crippen LogP) is 3.61. The second-order valence-corrected chi connectivity index (χ2v) is 5.30. The number of carbonyl (C=O) groups excluding carboxylic acids is 2. The number of halogens is 1. The Kier molecular flexibility index (Phi) is 3.67. The highest BCUT2D eigenvalue weighted by atomic mass is 35.5. The van der Waals surface area contributed by atoms with Crippen LogP contribution in [0.5, 0.6) is 0 Å². The average Bonchev–Trinajstić information content (AvgIpc) is 2.75. The van der Waals surface area contributed by atoms with E-state index in [1.54, 1.807) is 36.4 Å². The molecule has 21 heavy (non-hydrogen) atoms. The van der Waals surface area contributed by atoms with Crippen molar-refractivity contribution in [3.05, 3.63) is 70.2 Å². The SMILES string of the molecule is O=C1c2ccccc2C(=O)C1C=NCc1ccc(Cl)cc1. The van der Waals surface area contributed by atoms with Gasteiger partial charge in [0.25, 0.3) is 0 Å². The van der Waals surface area contributed by atoms with Gasteiger partial charge in [-0.25, -0.2) is 0 Å². The Hall–Kier alpha value is -2.26. The second kappa shape index (κ2) is 5.62. The minimum Gasteiger partial charge on any atom is -0.293 e. The van der Waals surface area contributed by atoms with Crippen LogP contribution in [0.25, 0.3) is 0 Å². The minimum atomic E-state index is -0.783. The lowest BCUT2D eigenvalue weighted by molar-refractivity contribution is 0.0886. The fraction of sp³-hybridized carbons (Fsp3) is 0.118. The summed E-state index contributed by atoms with van der Waals surface area (Å²) in [6, 6.07) is 14.2. The van der Waals surface area contributed by atoms with Crippen LogP contribution >= 0.6 is 11.6 Å². The summed E-state index contributed by atoms with van der Waals surface area (Å²) in [4.78, 5) is 28.6. The maximum absolute atomic E-state index is 12.2. The normalized spacial score (nSPS) is 14.9. The molecule has 4 heteroatoms. The third-order valence-electron chi connectivity index (χ3n) is 3.46. The molecule has 1 aliphatic carbocycles. The minimum absolute atomic E-state index is 0.171. The molecule has 0 spiro atoms. The van der Waals surface area contributed by atoms with Gasteiger partial charge in [-0.15, -0.1) is 0 Å². The molecule has 0 fully saturated rings. The predicted molar refractivity (Wildman–Crippen MR) is 82.2 cm³/mol. The van der Waals surface area contributed by atoms with Gasteiger partial charge in [-0.1, -0.05) is 48.0 Å². The Labute approximate surface area is 127 Å². The first-order valence-corrected chi connectivity index (χ1v) is 6.96. The smallest absolute Gasteiger partial charge is 0.179 e. The van der Waals surface area contributed by atoms with Crippen LogP contribution in [-0.2, 0) is 6.54 Å². The molecule has 104 valence electrons. The maximum atomic E-state index is 12.2. The molecule has 0 heterocycles. The topological polar surface area (TPSA) is 46.5 Å². The molecule has 0 atom stereocenters. The van der Waals surface area contributed by atoms with Gasteiger partial charge in [0, 0.05) is 22.4 Å². The number of rotatable bonds is 3. The van der Waals surface area contributed by atoms with Crippen molar-refractivity contribution in [3.8, 4) is 0 Å². The quantitative estimate of drug-likeness (QED) is 0.642. The Balaban J connectivity index is 1.74. The van der Waals surface area contributed by atoms with Gasteiger partial charge in [-0.2, -0.15) is 0 Å². The number of fused-ring (bicyclic) bond motifs is 1. The lowest BCUT2D eigenvalue weighted by Gasteiger charge is -1.99. The molecule has 0 radical (unpaired) electrons. The van der Waals surface area contributed by atoms with E-state index in [1.807, 2.05) is 12.1 Å². The maximum Gasteiger partial charge on any atom is 0.179 e. The van der Waals surface area contributed by atoms with E-state index in [4.69, 9.17) is 11.6 Å². The third-order valence-corrected chi connectivity index (χ3v) is 3.72. The highest BCUT2D eigenvalue weighted by molar-refractivity contribution is 6.33. The zero-order chi connectivity index (χ0) is 14.8. The van der Waals surface area contributed by atoms with Crippen molar-refractivity contribution < 1.29 is 9.59 Å². The van der Waals surface area contributed by atoms with Gasteiger partial charge in [0.05, 0.1) is 6.54 Å². The van der Waals surface area contributed by atoms with E-state index < -0.39 is 5.92 Å². The monoisotopic (exact) mass is 297 g/mol. The average molecular weight is 298 g/mol. The van der Waals surface area contributed by atoms with Crippen molar-refractivity contribution in [2.75, 3.05) is 0 Å². The Morgan fingerprint density at radius 2 is 1.52 bits per heavy atom. The molecule has 0 saturated heterocycles. The van der Waals surface area contributed by atoms with Crippen molar-refractivity contribution in [2.24, 2.45) is 10.9 Å². The molecule has 0 aliphatic heterocycles. The molecule has 0 saturated carbocycles. The van der Waals surface area contributed by atoms with Crippen molar-refractivity contribution in [1.29, 1.82) is 0 Å². The van der Waals surface area contributed by atoms with E-state index >= 15 is 0 Å². The van der Waals surface area contributed by atoms with Crippen LogP contribution in [0.4, 0.5) is 0 Å². The van der Waals surface area contributed by atoms with Crippen LogP contribution in [0.1, 0.15) is 26.3 Å². The molecule has 2 aromatic rings. The molecule has 0 bridgehead atoms. The Morgan fingerprint density at radius 3 is 2.10 bits per heavy atom. The van der Waals surface area contributed by atoms with Crippen molar-refractivity contribution in [2.45, 2.75) is 6.54 Å². The molecule has 1 aliphatic rings. The molecule has 0 aromatic heterocycles. The molecule has 0 N–H and O–H groups in total. The second-order valence-electron chi connectivity index (χ2n) is 4.87. The van der Waals surface area contributed by atoms with Gasteiger partial charge < -0.3 is 0 Å². The van der Waals surface area contributed by atoms with Gasteiger partial charge >= 0.3 is 0 Å². The summed E-state index contributed by atoms with van der Waals surface area (Å²) in [6.45, 7) is 0.421. The first kappa shape index (κ1) is 13.7. The van der Waals surface area contributed by atoms with Crippen LogP contribution in [0.3, 0.4) is 0 Å². The number of benzene rings is 2.